The van der Waals surface area contributed by atoms with Gasteiger partial charge in [-0.25, -0.2) is 0 Å². The van der Waals surface area contributed by atoms with Crippen molar-refractivity contribution in [2.75, 3.05) is 38.1 Å². The molecule has 0 aliphatic carbocycles. The fraction of sp³-hybridized carbons (Fsp3) is 0.600. The topological polar surface area (TPSA) is 18.5 Å². The monoisotopic (exact) mass is 247 g/mol. The highest BCUT2D eigenvalue weighted by molar-refractivity contribution is 5.54. The Labute approximate surface area is 111 Å². The maximum Gasteiger partial charge on any atom is 0.0412 e. The summed E-state index contributed by atoms with van der Waals surface area (Å²) < 4.78 is 0. The van der Waals surface area contributed by atoms with E-state index in [4.69, 9.17) is 0 Å². The fourth-order valence-electron chi connectivity index (χ4n) is 2.84. The Morgan fingerprint density at radius 3 is 2.72 bits per heavy atom. The van der Waals surface area contributed by atoms with Crippen molar-refractivity contribution in [2.24, 2.45) is 0 Å². The summed E-state index contributed by atoms with van der Waals surface area (Å²) in [6.45, 7) is 10.1. The second kappa shape index (κ2) is 6.21. The lowest BCUT2D eigenvalue weighted by Gasteiger charge is -2.41. The number of hydrogen-bond acceptors (Lipinski definition) is 3. The van der Waals surface area contributed by atoms with Gasteiger partial charge in [-0.3, -0.25) is 4.90 Å². The number of benzene rings is 1. The van der Waals surface area contributed by atoms with E-state index >= 15 is 0 Å². The largest absolute Gasteiger partial charge is 0.368 e. The predicted octanol–water partition coefficient (Wildman–Crippen LogP) is 1.94. The zero-order valence-electron chi connectivity index (χ0n) is 11.8. The molecular formula is C15H25N3. The molecule has 1 aliphatic heterocycles. The average Bonchev–Trinajstić information content (AvgIpc) is 2.40. The van der Waals surface area contributed by atoms with Crippen LogP contribution in [0.1, 0.15) is 19.4 Å². The first-order valence-electron chi connectivity index (χ1n) is 6.97. The van der Waals surface area contributed by atoms with Gasteiger partial charge >= 0.3 is 0 Å². The van der Waals surface area contributed by atoms with E-state index in [1.54, 1.807) is 0 Å². The Balaban J connectivity index is 2.12. The lowest BCUT2D eigenvalue weighted by molar-refractivity contribution is 0.199. The minimum atomic E-state index is 0.645. The van der Waals surface area contributed by atoms with Crippen LogP contribution in [0.4, 0.5) is 5.69 Å². The minimum Gasteiger partial charge on any atom is -0.368 e. The van der Waals surface area contributed by atoms with Gasteiger partial charge in [-0.05, 0) is 32.1 Å². The third-order valence-corrected chi connectivity index (χ3v) is 3.87. The molecule has 1 atom stereocenters. The van der Waals surface area contributed by atoms with Gasteiger partial charge < -0.3 is 10.2 Å². The smallest absolute Gasteiger partial charge is 0.0412 e. The first kappa shape index (κ1) is 13.4. The fourth-order valence-corrected chi connectivity index (χ4v) is 2.84. The molecule has 3 heteroatoms. The van der Waals surface area contributed by atoms with Gasteiger partial charge in [-0.15, -0.1) is 0 Å². The summed E-state index contributed by atoms with van der Waals surface area (Å²) in [6.07, 6.45) is 0. The lowest BCUT2D eigenvalue weighted by Crippen LogP contribution is -2.52. The van der Waals surface area contributed by atoms with Crippen LogP contribution >= 0.6 is 0 Å². The molecule has 1 aliphatic rings. The van der Waals surface area contributed by atoms with Crippen LogP contribution in [0, 0.1) is 0 Å². The van der Waals surface area contributed by atoms with Gasteiger partial charge in [0.1, 0.15) is 0 Å². The molecule has 1 saturated heterocycles. The number of nitrogens with one attached hydrogen (secondary N) is 1. The number of para-hydroxylation sites is 1. The van der Waals surface area contributed by atoms with Crippen molar-refractivity contribution in [3.63, 3.8) is 0 Å². The molecule has 2 rings (SSSR count). The van der Waals surface area contributed by atoms with Crippen LogP contribution in [0.3, 0.4) is 0 Å². The summed E-state index contributed by atoms with van der Waals surface area (Å²) in [4.78, 5) is 5.08. The predicted molar refractivity (Wildman–Crippen MR) is 78.1 cm³/mol. The van der Waals surface area contributed by atoms with Crippen LogP contribution in [-0.2, 0) is 6.54 Å². The Morgan fingerprint density at radius 2 is 2.06 bits per heavy atom. The molecule has 1 heterocycles. The molecule has 1 aromatic carbocycles. The van der Waals surface area contributed by atoms with E-state index < -0.39 is 0 Å². The number of anilines is 1. The Morgan fingerprint density at radius 1 is 1.28 bits per heavy atom. The molecule has 0 bridgehead atoms. The molecule has 100 valence electrons. The van der Waals surface area contributed by atoms with Gasteiger partial charge in [0.25, 0.3) is 0 Å². The van der Waals surface area contributed by atoms with Gasteiger partial charge in [-0.1, -0.05) is 25.1 Å². The van der Waals surface area contributed by atoms with Crippen molar-refractivity contribution < 1.29 is 0 Å². The second-order valence-electron chi connectivity index (χ2n) is 5.08. The molecule has 1 aromatic rings. The van der Waals surface area contributed by atoms with Crippen LogP contribution in [0.2, 0.25) is 0 Å². The van der Waals surface area contributed by atoms with Crippen molar-refractivity contribution >= 4 is 5.69 Å². The summed E-state index contributed by atoms with van der Waals surface area (Å²) in [5, 5.41) is 3.26. The summed E-state index contributed by atoms with van der Waals surface area (Å²) >= 11 is 0. The van der Waals surface area contributed by atoms with E-state index in [0.717, 1.165) is 26.2 Å². The van der Waals surface area contributed by atoms with Crippen LogP contribution < -0.4 is 10.2 Å². The van der Waals surface area contributed by atoms with E-state index in [1.807, 2.05) is 7.05 Å². The van der Waals surface area contributed by atoms with Crippen molar-refractivity contribution in [1.82, 2.24) is 10.2 Å². The third kappa shape index (κ3) is 2.85. The molecule has 1 N–H and O–H groups in total. The van der Waals surface area contributed by atoms with Gasteiger partial charge in [0.05, 0.1) is 0 Å². The van der Waals surface area contributed by atoms with Crippen molar-refractivity contribution in [1.29, 1.82) is 0 Å². The molecule has 1 unspecified atom stereocenters. The summed E-state index contributed by atoms with van der Waals surface area (Å²) in [5.74, 6) is 0. The summed E-state index contributed by atoms with van der Waals surface area (Å²) in [6, 6.07) is 9.39. The van der Waals surface area contributed by atoms with E-state index in [2.05, 4.69) is 53.2 Å². The number of rotatable bonds is 4. The SMILES string of the molecule is CCN1CCN(c2ccccc2CNC)CC1C. The zero-order chi connectivity index (χ0) is 13.0. The Hall–Kier alpha value is -1.06. The van der Waals surface area contributed by atoms with Gasteiger partial charge in [-0.2, -0.15) is 0 Å². The van der Waals surface area contributed by atoms with E-state index in [1.165, 1.54) is 17.8 Å². The average molecular weight is 247 g/mol. The normalized spacial score (nSPS) is 21.3. The van der Waals surface area contributed by atoms with Crippen molar-refractivity contribution in [3.05, 3.63) is 29.8 Å². The number of nitrogens with zero attached hydrogens (tertiary/aromatic N) is 2. The Bertz CT molecular complexity index is 378. The second-order valence-corrected chi connectivity index (χ2v) is 5.08. The van der Waals surface area contributed by atoms with Gasteiger partial charge in [0.15, 0.2) is 0 Å². The number of piperazine rings is 1. The molecule has 3 nitrogen and oxygen atoms in total. The molecule has 0 spiro atoms. The van der Waals surface area contributed by atoms with E-state index in [9.17, 15) is 0 Å². The number of likely N-dealkylation sites (N-methyl/N-ethyl adjacent to an activating group) is 1. The molecule has 18 heavy (non-hydrogen) atoms. The van der Waals surface area contributed by atoms with Crippen molar-refractivity contribution in [2.45, 2.75) is 26.4 Å². The standard InChI is InChI=1S/C15H25N3/c1-4-17-9-10-18(12-13(17)2)15-8-6-5-7-14(15)11-16-3/h5-8,13,16H,4,9-12H2,1-3H3. The van der Waals surface area contributed by atoms with Crippen LogP contribution in [0.25, 0.3) is 0 Å². The molecule has 0 radical (unpaired) electrons. The van der Waals surface area contributed by atoms with E-state index in [-0.39, 0.29) is 0 Å². The zero-order valence-corrected chi connectivity index (χ0v) is 11.8. The first-order valence-corrected chi connectivity index (χ1v) is 6.97. The molecule has 0 saturated carbocycles. The summed E-state index contributed by atoms with van der Waals surface area (Å²) in [7, 11) is 2.01. The van der Waals surface area contributed by atoms with Crippen molar-refractivity contribution in [3.8, 4) is 0 Å². The highest BCUT2D eigenvalue weighted by Crippen LogP contribution is 2.23. The van der Waals surface area contributed by atoms with Crippen LogP contribution in [0.15, 0.2) is 24.3 Å². The quantitative estimate of drug-likeness (QED) is 0.877. The van der Waals surface area contributed by atoms with E-state index in [0.29, 0.717) is 6.04 Å². The highest BCUT2D eigenvalue weighted by Gasteiger charge is 2.23. The summed E-state index contributed by atoms with van der Waals surface area (Å²) in [5.41, 5.74) is 2.80. The van der Waals surface area contributed by atoms with Crippen LogP contribution in [0.5, 0.6) is 0 Å². The van der Waals surface area contributed by atoms with Gasteiger partial charge in [0, 0.05) is 37.9 Å². The highest BCUT2D eigenvalue weighted by atomic mass is 15.3. The minimum absolute atomic E-state index is 0.645. The maximum absolute atomic E-state index is 3.26. The molecule has 0 aromatic heterocycles. The Kier molecular flexibility index (Phi) is 4.61. The maximum atomic E-state index is 3.26. The molecule has 1 fully saturated rings. The molecule has 0 amide bonds. The van der Waals surface area contributed by atoms with Gasteiger partial charge in [0.2, 0.25) is 0 Å². The first-order chi connectivity index (χ1) is 8.76. The third-order valence-electron chi connectivity index (χ3n) is 3.87. The molecular weight excluding hydrogens is 222 g/mol. The number of hydrogen-bond donors (Lipinski definition) is 1. The van der Waals surface area contributed by atoms with Crippen LogP contribution in [-0.4, -0.2) is 44.2 Å². The lowest BCUT2D eigenvalue weighted by atomic mass is 10.1.